The Morgan fingerprint density at radius 3 is 2.73 bits per heavy atom. The maximum absolute atomic E-state index is 10.9. The van der Waals surface area contributed by atoms with Crippen molar-refractivity contribution in [2.45, 2.75) is 13.5 Å². The molecule has 22 heavy (non-hydrogen) atoms. The average Bonchev–Trinajstić information content (AvgIpc) is 2.88. The fourth-order valence-corrected chi connectivity index (χ4v) is 2.28. The van der Waals surface area contributed by atoms with Gasteiger partial charge in [-0.2, -0.15) is 0 Å². The number of carboxylic acid groups (broad SMARTS) is 1. The van der Waals surface area contributed by atoms with E-state index in [0.717, 1.165) is 16.5 Å². The Hall–Kier alpha value is -2.89. The van der Waals surface area contributed by atoms with Crippen LogP contribution >= 0.6 is 0 Å². The third-order valence-corrected chi connectivity index (χ3v) is 3.48. The summed E-state index contributed by atoms with van der Waals surface area (Å²) in [4.78, 5) is 10.9. The Bertz CT molecular complexity index is 826. The first-order valence-corrected chi connectivity index (χ1v) is 6.90. The number of carboxylic acids is 1. The number of carbonyl (C=O) groups is 1. The fourth-order valence-electron chi connectivity index (χ4n) is 2.28. The molecule has 1 aromatic heterocycles. The summed E-state index contributed by atoms with van der Waals surface area (Å²) in [6, 6.07) is 14.0. The second-order valence-corrected chi connectivity index (χ2v) is 4.91. The maximum atomic E-state index is 10.9. The standard InChI is InChI=1S/C16H15N3O3/c1-11-15(16(20)21)17-18-19(11)8-9-22-14-7-6-12-4-2-3-5-13(12)10-14/h2-7,10H,8-9H2,1H3,(H,20,21). The van der Waals surface area contributed by atoms with Crippen molar-refractivity contribution in [1.82, 2.24) is 15.0 Å². The highest BCUT2D eigenvalue weighted by molar-refractivity contribution is 5.86. The molecular weight excluding hydrogens is 282 g/mol. The zero-order valence-corrected chi connectivity index (χ0v) is 12.1. The molecule has 0 aliphatic heterocycles. The van der Waals surface area contributed by atoms with Crippen LogP contribution in [0.25, 0.3) is 10.8 Å². The van der Waals surface area contributed by atoms with Gasteiger partial charge in [0.1, 0.15) is 12.4 Å². The lowest BCUT2D eigenvalue weighted by atomic mass is 10.1. The summed E-state index contributed by atoms with van der Waals surface area (Å²) >= 11 is 0. The van der Waals surface area contributed by atoms with Gasteiger partial charge in [0.2, 0.25) is 0 Å². The molecule has 0 bridgehead atoms. The van der Waals surface area contributed by atoms with E-state index in [4.69, 9.17) is 9.84 Å². The van der Waals surface area contributed by atoms with E-state index in [0.29, 0.717) is 18.8 Å². The van der Waals surface area contributed by atoms with Gasteiger partial charge in [0, 0.05) is 0 Å². The van der Waals surface area contributed by atoms with Crippen molar-refractivity contribution in [1.29, 1.82) is 0 Å². The van der Waals surface area contributed by atoms with Gasteiger partial charge in [-0.15, -0.1) is 5.10 Å². The minimum atomic E-state index is -1.07. The molecule has 0 unspecified atom stereocenters. The van der Waals surface area contributed by atoms with Crippen LogP contribution in [0.1, 0.15) is 16.2 Å². The number of hydrogen-bond donors (Lipinski definition) is 1. The Balaban J connectivity index is 1.66. The third-order valence-electron chi connectivity index (χ3n) is 3.48. The SMILES string of the molecule is Cc1c(C(=O)O)nnn1CCOc1ccc2ccccc2c1. The van der Waals surface area contributed by atoms with Crippen molar-refractivity contribution in [2.24, 2.45) is 0 Å². The van der Waals surface area contributed by atoms with Crippen molar-refractivity contribution in [3.63, 3.8) is 0 Å². The minimum absolute atomic E-state index is 0.0225. The van der Waals surface area contributed by atoms with Crippen LogP contribution in [0, 0.1) is 6.92 Å². The predicted octanol–water partition coefficient (Wildman–Crippen LogP) is 2.52. The number of nitrogens with zero attached hydrogens (tertiary/aromatic N) is 3. The van der Waals surface area contributed by atoms with Gasteiger partial charge in [0.25, 0.3) is 0 Å². The van der Waals surface area contributed by atoms with Gasteiger partial charge >= 0.3 is 5.97 Å². The Morgan fingerprint density at radius 1 is 1.23 bits per heavy atom. The maximum Gasteiger partial charge on any atom is 0.358 e. The van der Waals surface area contributed by atoms with E-state index in [1.54, 1.807) is 6.92 Å². The molecule has 0 fully saturated rings. The molecule has 3 rings (SSSR count). The third kappa shape index (κ3) is 2.76. The zero-order chi connectivity index (χ0) is 15.5. The average molecular weight is 297 g/mol. The fraction of sp³-hybridized carbons (Fsp3) is 0.188. The van der Waals surface area contributed by atoms with Crippen molar-refractivity contribution in [3.05, 3.63) is 53.9 Å². The van der Waals surface area contributed by atoms with Crippen molar-refractivity contribution in [2.75, 3.05) is 6.61 Å². The summed E-state index contributed by atoms with van der Waals surface area (Å²) in [6.07, 6.45) is 0. The van der Waals surface area contributed by atoms with Gasteiger partial charge in [-0.1, -0.05) is 35.5 Å². The Labute approximate surface area is 126 Å². The minimum Gasteiger partial charge on any atom is -0.492 e. The van der Waals surface area contributed by atoms with E-state index in [1.807, 2.05) is 42.5 Å². The van der Waals surface area contributed by atoms with Crippen molar-refractivity contribution < 1.29 is 14.6 Å². The summed E-state index contributed by atoms with van der Waals surface area (Å²) in [7, 11) is 0. The Morgan fingerprint density at radius 2 is 2.00 bits per heavy atom. The molecule has 6 heteroatoms. The number of benzene rings is 2. The predicted molar refractivity (Wildman–Crippen MR) is 81.2 cm³/mol. The van der Waals surface area contributed by atoms with Crippen LogP contribution in [-0.2, 0) is 6.54 Å². The molecule has 1 heterocycles. The number of aromatic carboxylic acids is 1. The van der Waals surface area contributed by atoms with Gasteiger partial charge < -0.3 is 9.84 Å². The molecule has 0 amide bonds. The highest BCUT2D eigenvalue weighted by Crippen LogP contribution is 2.20. The van der Waals surface area contributed by atoms with Crippen molar-refractivity contribution in [3.8, 4) is 5.75 Å². The first-order chi connectivity index (χ1) is 10.6. The number of rotatable bonds is 5. The van der Waals surface area contributed by atoms with E-state index in [1.165, 1.54) is 4.68 Å². The van der Waals surface area contributed by atoms with Crippen LogP contribution in [0.4, 0.5) is 0 Å². The first kappa shape index (κ1) is 14.1. The molecule has 6 nitrogen and oxygen atoms in total. The highest BCUT2D eigenvalue weighted by Gasteiger charge is 2.14. The van der Waals surface area contributed by atoms with Crippen LogP contribution in [0.3, 0.4) is 0 Å². The first-order valence-electron chi connectivity index (χ1n) is 6.90. The van der Waals surface area contributed by atoms with Crippen LogP contribution in [0.2, 0.25) is 0 Å². The second-order valence-electron chi connectivity index (χ2n) is 4.91. The molecule has 0 atom stereocenters. The smallest absolute Gasteiger partial charge is 0.358 e. The molecule has 1 N–H and O–H groups in total. The second kappa shape index (κ2) is 5.85. The van der Waals surface area contributed by atoms with Crippen LogP contribution in [-0.4, -0.2) is 32.7 Å². The van der Waals surface area contributed by atoms with E-state index in [-0.39, 0.29) is 5.69 Å². The number of ether oxygens (including phenoxy) is 1. The molecule has 0 saturated heterocycles. The topological polar surface area (TPSA) is 77.2 Å². The quantitative estimate of drug-likeness (QED) is 0.783. The van der Waals surface area contributed by atoms with E-state index >= 15 is 0 Å². The summed E-state index contributed by atoms with van der Waals surface area (Å²) in [5, 5.41) is 18.7. The lowest BCUT2D eigenvalue weighted by molar-refractivity contribution is 0.0689. The number of aromatic nitrogens is 3. The zero-order valence-electron chi connectivity index (χ0n) is 12.1. The molecule has 0 aliphatic rings. The Kier molecular flexibility index (Phi) is 3.74. The monoisotopic (exact) mass is 297 g/mol. The highest BCUT2D eigenvalue weighted by atomic mass is 16.5. The summed E-state index contributed by atoms with van der Waals surface area (Å²) < 4.78 is 7.24. The molecule has 0 spiro atoms. The van der Waals surface area contributed by atoms with Crippen LogP contribution in [0.5, 0.6) is 5.75 Å². The molecule has 112 valence electrons. The number of hydrogen-bond acceptors (Lipinski definition) is 4. The summed E-state index contributed by atoms with van der Waals surface area (Å²) in [5.41, 5.74) is 0.500. The van der Waals surface area contributed by atoms with Crippen LogP contribution < -0.4 is 4.74 Å². The molecule has 0 saturated carbocycles. The molecule has 0 radical (unpaired) electrons. The molecule has 3 aromatic rings. The van der Waals surface area contributed by atoms with Gasteiger partial charge in [-0.3, -0.25) is 0 Å². The van der Waals surface area contributed by atoms with Gasteiger partial charge in [0.15, 0.2) is 5.69 Å². The number of fused-ring (bicyclic) bond motifs is 1. The summed E-state index contributed by atoms with van der Waals surface area (Å²) in [5.74, 6) is -0.297. The van der Waals surface area contributed by atoms with Crippen LogP contribution in [0.15, 0.2) is 42.5 Å². The molecule has 2 aromatic carbocycles. The van der Waals surface area contributed by atoms with E-state index in [9.17, 15) is 4.79 Å². The summed E-state index contributed by atoms with van der Waals surface area (Å²) in [6.45, 7) is 2.51. The van der Waals surface area contributed by atoms with E-state index in [2.05, 4.69) is 10.3 Å². The van der Waals surface area contributed by atoms with Crippen molar-refractivity contribution >= 4 is 16.7 Å². The lowest BCUT2D eigenvalue weighted by Crippen LogP contribution is -2.11. The molecule has 0 aliphatic carbocycles. The molecular formula is C16H15N3O3. The van der Waals surface area contributed by atoms with E-state index < -0.39 is 5.97 Å². The normalized spacial score (nSPS) is 10.8. The van der Waals surface area contributed by atoms with Gasteiger partial charge in [0.05, 0.1) is 12.2 Å². The van der Waals surface area contributed by atoms with Gasteiger partial charge in [-0.25, -0.2) is 9.48 Å². The largest absolute Gasteiger partial charge is 0.492 e. The lowest BCUT2D eigenvalue weighted by Gasteiger charge is -2.08. The van der Waals surface area contributed by atoms with Gasteiger partial charge in [-0.05, 0) is 29.8 Å².